The zero-order valence-corrected chi connectivity index (χ0v) is 12.7. The van der Waals surface area contributed by atoms with Crippen LogP contribution in [-0.4, -0.2) is 13.1 Å². The number of hydrogen-bond acceptors (Lipinski definition) is 1. The molecule has 1 fully saturated rings. The summed E-state index contributed by atoms with van der Waals surface area (Å²) in [4.78, 5) is 0. The molecule has 0 bridgehead atoms. The molecule has 0 radical (unpaired) electrons. The first-order valence-electron chi connectivity index (χ1n) is 7.56. The summed E-state index contributed by atoms with van der Waals surface area (Å²) in [5.74, 6) is 0.904. The SMILES string of the molecule is CC(C)C1(CCCCCNCC(C)(C)C)CC1. The first-order valence-corrected chi connectivity index (χ1v) is 7.56. The molecule has 1 aliphatic carbocycles. The van der Waals surface area contributed by atoms with E-state index in [2.05, 4.69) is 39.9 Å². The third-order valence-electron chi connectivity index (χ3n) is 4.30. The van der Waals surface area contributed by atoms with Crippen LogP contribution in [0.3, 0.4) is 0 Å². The number of unbranched alkanes of at least 4 members (excludes halogenated alkanes) is 2. The lowest BCUT2D eigenvalue weighted by atomic mass is 9.87. The van der Waals surface area contributed by atoms with Gasteiger partial charge in [0, 0.05) is 0 Å². The molecule has 0 amide bonds. The molecular formula is C16H33N. The Hall–Kier alpha value is -0.0400. The standard InChI is InChI=1S/C16H33N/c1-14(2)16(10-11-16)9-7-6-8-12-17-13-15(3,4)5/h14,17H,6-13H2,1-5H3. The van der Waals surface area contributed by atoms with Crippen LogP contribution in [-0.2, 0) is 0 Å². The fourth-order valence-corrected chi connectivity index (χ4v) is 2.64. The Kier molecular flexibility index (Phi) is 5.50. The minimum atomic E-state index is 0.426. The molecule has 1 aliphatic rings. The van der Waals surface area contributed by atoms with Crippen LogP contribution in [0.1, 0.15) is 73.1 Å². The summed E-state index contributed by atoms with van der Waals surface area (Å²) < 4.78 is 0. The van der Waals surface area contributed by atoms with Gasteiger partial charge < -0.3 is 5.32 Å². The van der Waals surface area contributed by atoms with E-state index < -0.39 is 0 Å². The molecule has 0 heterocycles. The average Bonchev–Trinajstić information content (AvgIpc) is 2.95. The molecule has 102 valence electrons. The highest BCUT2D eigenvalue weighted by Crippen LogP contribution is 2.55. The Bertz CT molecular complexity index is 208. The van der Waals surface area contributed by atoms with Crippen LogP contribution in [0.25, 0.3) is 0 Å². The highest BCUT2D eigenvalue weighted by molar-refractivity contribution is 4.94. The van der Waals surface area contributed by atoms with Crippen molar-refractivity contribution in [2.45, 2.75) is 73.1 Å². The maximum atomic E-state index is 3.56. The van der Waals surface area contributed by atoms with Crippen LogP contribution >= 0.6 is 0 Å². The summed E-state index contributed by atoms with van der Waals surface area (Å²) in [5, 5.41) is 3.56. The van der Waals surface area contributed by atoms with Gasteiger partial charge in [0.1, 0.15) is 0 Å². The van der Waals surface area contributed by atoms with E-state index in [4.69, 9.17) is 0 Å². The summed E-state index contributed by atoms with van der Waals surface area (Å²) in [6.45, 7) is 14.0. The van der Waals surface area contributed by atoms with E-state index in [1.54, 1.807) is 0 Å². The minimum Gasteiger partial charge on any atom is -0.316 e. The largest absolute Gasteiger partial charge is 0.316 e. The molecule has 17 heavy (non-hydrogen) atoms. The summed E-state index contributed by atoms with van der Waals surface area (Å²) in [5.41, 5.74) is 1.19. The molecular weight excluding hydrogens is 206 g/mol. The quantitative estimate of drug-likeness (QED) is 0.610. The molecule has 1 rings (SSSR count). The smallest absolute Gasteiger partial charge is 0.0000126 e. The molecule has 1 heteroatoms. The van der Waals surface area contributed by atoms with Crippen molar-refractivity contribution < 1.29 is 0 Å². The van der Waals surface area contributed by atoms with Gasteiger partial charge in [-0.3, -0.25) is 0 Å². The molecule has 0 aliphatic heterocycles. The van der Waals surface area contributed by atoms with Crippen molar-refractivity contribution in [3.05, 3.63) is 0 Å². The van der Waals surface area contributed by atoms with Crippen LogP contribution in [0.15, 0.2) is 0 Å². The van der Waals surface area contributed by atoms with Crippen LogP contribution in [0.5, 0.6) is 0 Å². The predicted molar refractivity (Wildman–Crippen MR) is 77.3 cm³/mol. The van der Waals surface area contributed by atoms with E-state index in [0.29, 0.717) is 5.41 Å². The lowest BCUT2D eigenvalue weighted by Crippen LogP contribution is -2.27. The fourth-order valence-electron chi connectivity index (χ4n) is 2.64. The minimum absolute atomic E-state index is 0.426. The van der Waals surface area contributed by atoms with Crippen LogP contribution in [0.2, 0.25) is 0 Å². The van der Waals surface area contributed by atoms with Crippen molar-refractivity contribution in [2.75, 3.05) is 13.1 Å². The highest BCUT2D eigenvalue weighted by atomic mass is 14.9. The Labute approximate surface area is 109 Å². The second kappa shape index (κ2) is 6.22. The van der Waals surface area contributed by atoms with Gasteiger partial charge in [-0.25, -0.2) is 0 Å². The number of hydrogen-bond donors (Lipinski definition) is 1. The molecule has 0 aromatic carbocycles. The Morgan fingerprint density at radius 3 is 2.18 bits per heavy atom. The zero-order chi connectivity index (χ0) is 12.9. The van der Waals surface area contributed by atoms with E-state index in [-0.39, 0.29) is 0 Å². The maximum absolute atomic E-state index is 3.56. The summed E-state index contributed by atoms with van der Waals surface area (Å²) in [6.07, 6.45) is 8.66. The summed E-state index contributed by atoms with van der Waals surface area (Å²) in [6, 6.07) is 0. The molecule has 0 aromatic rings. The third kappa shape index (κ3) is 5.90. The lowest BCUT2D eigenvalue weighted by Gasteiger charge is -2.20. The van der Waals surface area contributed by atoms with Crippen LogP contribution in [0, 0.1) is 16.7 Å². The number of rotatable bonds is 8. The van der Waals surface area contributed by atoms with E-state index in [1.807, 2.05) is 0 Å². The lowest BCUT2D eigenvalue weighted by molar-refractivity contribution is 0.319. The van der Waals surface area contributed by atoms with E-state index in [1.165, 1.54) is 45.1 Å². The van der Waals surface area contributed by atoms with Gasteiger partial charge in [0.15, 0.2) is 0 Å². The number of nitrogens with one attached hydrogen (secondary N) is 1. The molecule has 1 nitrogen and oxygen atoms in total. The first kappa shape index (κ1) is 15.0. The van der Waals surface area contributed by atoms with Crippen molar-refractivity contribution >= 4 is 0 Å². The van der Waals surface area contributed by atoms with Gasteiger partial charge in [0.25, 0.3) is 0 Å². The van der Waals surface area contributed by atoms with E-state index in [0.717, 1.165) is 17.9 Å². The molecule has 0 atom stereocenters. The fraction of sp³-hybridized carbons (Fsp3) is 1.00. The second-order valence-electron chi connectivity index (χ2n) is 7.57. The topological polar surface area (TPSA) is 12.0 Å². The maximum Gasteiger partial charge on any atom is -0.0000126 e. The second-order valence-corrected chi connectivity index (χ2v) is 7.57. The van der Waals surface area contributed by atoms with Crippen LogP contribution in [0.4, 0.5) is 0 Å². The van der Waals surface area contributed by atoms with Gasteiger partial charge in [-0.15, -0.1) is 0 Å². The Balaban J connectivity index is 1.92. The molecule has 0 unspecified atom stereocenters. The first-order chi connectivity index (χ1) is 7.86. The van der Waals surface area contributed by atoms with Gasteiger partial charge in [0.2, 0.25) is 0 Å². The Morgan fingerprint density at radius 1 is 1.06 bits per heavy atom. The monoisotopic (exact) mass is 239 g/mol. The van der Waals surface area contributed by atoms with Crippen molar-refractivity contribution in [2.24, 2.45) is 16.7 Å². The summed E-state index contributed by atoms with van der Waals surface area (Å²) in [7, 11) is 0. The third-order valence-corrected chi connectivity index (χ3v) is 4.30. The van der Waals surface area contributed by atoms with Crippen molar-refractivity contribution in [1.29, 1.82) is 0 Å². The van der Waals surface area contributed by atoms with Gasteiger partial charge >= 0.3 is 0 Å². The molecule has 0 aromatic heterocycles. The van der Waals surface area contributed by atoms with Gasteiger partial charge in [-0.1, -0.05) is 47.5 Å². The highest BCUT2D eigenvalue weighted by Gasteiger charge is 2.44. The predicted octanol–water partition coefficient (Wildman–Crippen LogP) is 4.62. The summed E-state index contributed by atoms with van der Waals surface area (Å²) >= 11 is 0. The normalized spacial score (nSPS) is 18.7. The average molecular weight is 239 g/mol. The van der Waals surface area contributed by atoms with Crippen molar-refractivity contribution in [3.8, 4) is 0 Å². The molecule has 0 saturated heterocycles. The van der Waals surface area contributed by atoms with Crippen molar-refractivity contribution in [3.63, 3.8) is 0 Å². The van der Waals surface area contributed by atoms with E-state index in [9.17, 15) is 0 Å². The molecule has 1 saturated carbocycles. The van der Waals surface area contributed by atoms with Gasteiger partial charge in [-0.05, 0) is 55.5 Å². The molecule has 1 N–H and O–H groups in total. The van der Waals surface area contributed by atoms with Gasteiger partial charge in [-0.2, -0.15) is 0 Å². The van der Waals surface area contributed by atoms with Crippen molar-refractivity contribution in [1.82, 2.24) is 5.32 Å². The zero-order valence-electron chi connectivity index (χ0n) is 12.7. The van der Waals surface area contributed by atoms with E-state index >= 15 is 0 Å². The van der Waals surface area contributed by atoms with Crippen LogP contribution < -0.4 is 5.32 Å². The van der Waals surface area contributed by atoms with Gasteiger partial charge in [0.05, 0.1) is 0 Å². The Morgan fingerprint density at radius 2 is 1.71 bits per heavy atom. The molecule has 0 spiro atoms.